The molecule has 0 unspecified atom stereocenters. The molecule has 0 aliphatic heterocycles. The summed E-state index contributed by atoms with van der Waals surface area (Å²) in [4.78, 5) is 17.5. The van der Waals surface area contributed by atoms with Crippen LogP contribution in [0.1, 0.15) is 10.6 Å². The van der Waals surface area contributed by atoms with Gasteiger partial charge in [-0.3, -0.25) is 4.79 Å². The molecule has 6 nitrogen and oxygen atoms in total. The third-order valence-corrected chi connectivity index (χ3v) is 6.00. The van der Waals surface area contributed by atoms with Crippen LogP contribution in [0.2, 0.25) is 10.0 Å². The molecule has 0 atom stereocenters. The van der Waals surface area contributed by atoms with Gasteiger partial charge in [0.15, 0.2) is 11.5 Å². The summed E-state index contributed by atoms with van der Waals surface area (Å²) in [7, 11) is 0. The maximum Gasteiger partial charge on any atom is 0.280 e. The molecule has 9 heteroatoms. The van der Waals surface area contributed by atoms with E-state index in [4.69, 9.17) is 23.2 Å². The fourth-order valence-electron chi connectivity index (χ4n) is 2.92. The number of azo groups is 1. The molecule has 2 N–H and O–H groups in total. The number of hydrogen-bond donors (Lipinski definition) is 2. The third-order valence-electron chi connectivity index (χ3n) is 4.43. The number of fused-ring (bicyclic) bond motifs is 1. The Morgan fingerprint density at radius 1 is 1.03 bits per heavy atom. The number of amides is 1. The van der Waals surface area contributed by atoms with Crippen molar-refractivity contribution in [2.45, 2.75) is 6.92 Å². The summed E-state index contributed by atoms with van der Waals surface area (Å²) in [5.41, 5.74) is 1.72. The number of rotatable bonds is 5. The maximum atomic E-state index is 13.1. The summed E-state index contributed by atoms with van der Waals surface area (Å²) < 4.78 is 0.948. The van der Waals surface area contributed by atoms with Crippen molar-refractivity contribution in [2.24, 2.45) is 10.2 Å². The minimum absolute atomic E-state index is 0.218. The Balaban J connectivity index is 1.73. The molecule has 0 bridgehead atoms. The van der Waals surface area contributed by atoms with E-state index < -0.39 is 5.91 Å². The number of nitrogens with zero attached hydrogens (tertiary/aromatic N) is 3. The number of nitrogens with one attached hydrogen (secondary N) is 1. The standard InChI is InChI=1S/C23H16Cl2N4O2S/c1-13-26-18-11-10-15(12-19(18)32-13)28-29-21(22(30)14-6-3-2-4-7-14)23(31)27-20-16(24)8-5-9-17(20)25/h2-12,30H,1H3,(H,27,31)/b22-21-,29-28?. The van der Waals surface area contributed by atoms with E-state index in [0.29, 0.717) is 11.3 Å². The van der Waals surface area contributed by atoms with Gasteiger partial charge < -0.3 is 10.4 Å². The van der Waals surface area contributed by atoms with Crippen molar-refractivity contribution in [1.29, 1.82) is 0 Å². The normalized spacial score (nSPS) is 12.2. The fourth-order valence-corrected chi connectivity index (χ4v) is 4.27. The van der Waals surface area contributed by atoms with E-state index >= 15 is 0 Å². The Kier molecular flexibility index (Phi) is 6.50. The van der Waals surface area contributed by atoms with Gasteiger partial charge in [-0.2, -0.15) is 5.11 Å². The van der Waals surface area contributed by atoms with E-state index in [0.717, 1.165) is 15.2 Å². The van der Waals surface area contributed by atoms with Gasteiger partial charge in [0.25, 0.3) is 5.91 Å². The highest BCUT2D eigenvalue weighted by Crippen LogP contribution is 2.31. The van der Waals surface area contributed by atoms with Crippen LogP contribution < -0.4 is 5.32 Å². The van der Waals surface area contributed by atoms with Crippen LogP contribution in [-0.4, -0.2) is 16.0 Å². The van der Waals surface area contributed by atoms with Crippen molar-refractivity contribution in [3.8, 4) is 0 Å². The summed E-state index contributed by atoms with van der Waals surface area (Å²) in [5.74, 6) is -1.04. The van der Waals surface area contributed by atoms with Crippen LogP contribution in [0.25, 0.3) is 16.0 Å². The van der Waals surface area contributed by atoms with Crippen molar-refractivity contribution in [2.75, 3.05) is 5.32 Å². The molecular formula is C23H16Cl2N4O2S. The molecule has 0 saturated carbocycles. The van der Waals surface area contributed by atoms with Crippen LogP contribution in [0.15, 0.2) is 82.7 Å². The lowest BCUT2D eigenvalue weighted by atomic mass is 10.1. The Labute approximate surface area is 197 Å². The first kappa shape index (κ1) is 22.0. The van der Waals surface area contributed by atoms with Crippen LogP contribution in [-0.2, 0) is 4.79 Å². The van der Waals surface area contributed by atoms with Gasteiger partial charge in [0.1, 0.15) is 0 Å². The number of hydrogen-bond acceptors (Lipinski definition) is 6. The second kappa shape index (κ2) is 9.48. The summed E-state index contributed by atoms with van der Waals surface area (Å²) in [6, 6.07) is 18.8. The van der Waals surface area contributed by atoms with Crippen LogP contribution in [0.4, 0.5) is 11.4 Å². The minimum Gasteiger partial charge on any atom is -0.505 e. The Bertz CT molecular complexity index is 1350. The van der Waals surface area contributed by atoms with Crippen LogP contribution >= 0.6 is 34.5 Å². The molecule has 3 aromatic carbocycles. The van der Waals surface area contributed by atoms with Gasteiger partial charge >= 0.3 is 0 Å². The summed E-state index contributed by atoms with van der Waals surface area (Å²) in [6.07, 6.45) is 0. The highest BCUT2D eigenvalue weighted by molar-refractivity contribution is 7.18. The largest absolute Gasteiger partial charge is 0.505 e. The van der Waals surface area contributed by atoms with E-state index in [1.807, 2.05) is 19.1 Å². The first-order valence-corrected chi connectivity index (χ1v) is 11.0. The Morgan fingerprint density at radius 3 is 2.47 bits per heavy atom. The number of benzene rings is 3. The van der Waals surface area contributed by atoms with E-state index in [2.05, 4.69) is 20.5 Å². The topological polar surface area (TPSA) is 86.9 Å². The van der Waals surface area contributed by atoms with Crippen molar-refractivity contribution < 1.29 is 9.90 Å². The van der Waals surface area contributed by atoms with E-state index in [1.54, 1.807) is 54.6 Å². The summed E-state index contributed by atoms with van der Waals surface area (Å²) in [6.45, 7) is 1.93. The lowest BCUT2D eigenvalue weighted by Gasteiger charge is -2.10. The third kappa shape index (κ3) is 4.80. The number of para-hydroxylation sites is 1. The number of aromatic nitrogens is 1. The molecule has 0 aliphatic rings. The molecule has 4 aromatic rings. The zero-order chi connectivity index (χ0) is 22.7. The average Bonchev–Trinajstić information content (AvgIpc) is 3.16. The highest BCUT2D eigenvalue weighted by atomic mass is 35.5. The minimum atomic E-state index is -0.709. The van der Waals surface area contributed by atoms with Crippen molar-refractivity contribution in [3.63, 3.8) is 0 Å². The SMILES string of the molecule is Cc1nc2ccc(N=N/C(C(=O)Nc3c(Cl)cccc3Cl)=C(\O)c3ccccc3)cc2s1. The molecule has 1 aromatic heterocycles. The maximum absolute atomic E-state index is 13.1. The molecule has 1 amide bonds. The molecule has 0 spiro atoms. The molecule has 0 aliphatic carbocycles. The number of aliphatic hydroxyl groups is 1. The number of anilines is 1. The van der Waals surface area contributed by atoms with Gasteiger partial charge in [0.05, 0.1) is 36.6 Å². The number of carbonyl (C=O) groups excluding carboxylic acids is 1. The predicted octanol–water partition coefficient (Wildman–Crippen LogP) is 7.56. The highest BCUT2D eigenvalue weighted by Gasteiger charge is 2.19. The van der Waals surface area contributed by atoms with Gasteiger partial charge in [0.2, 0.25) is 0 Å². The molecular weight excluding hydrogens is 467 g/mol. The van der Waals surface area contributed by atoms with Crippen LogP contribution in [0.5, 0.6) is 0 Å². The van der Waals surface area contributed by atoms with Crippen LogP contribution in [0.3, 0.4) is 0 Å². The number of carbonyl (C=O) groups is 1. The lowest BCUT2D eigenvalue weighted by Crippen LogP contribution is -2.15. The molecule has 160 valence electrons. The van der Waals surface area contributed by atoms with Gasteiger partial charge in [-0.05, 0) is 37.3 Å². The van der Waals surface area contributed by atoms with E-state index in [-0.39, 0.29) is 27.2 Å². The number of halogens is 2. The first-order valence-electron chi connectivity index (χ1n) is 9.45. The number of aryl methyl sites for hydroxylation is 1. The lowest BCUT2D eigenvalue weighted by molar-refractivity contribution is -0.112. The molecule has 0 radical (unpaired) electrons. The van der Waals surface area contributed by atoms with Crippen molar-refractivity contribution in [1.82, 2.24) is 4.98 Å². The zero-order valence-corrected chi connectivity index (χ0v) is 19.0. The molecule has 1 heterocycles. The van der Waals surface area contributed by atoms with E-state index in [9.17, 15) is 9.90 Å². The average molecular weight is 483 g/mol. The Hall–Kier alpha value is -3.26. The summed E-state index contributed by atoms with van der Waals surface area (Å²) in [5, 5.41) is 23.1. The molecule has 0 saturated heterocycles. The smallest absolute Gasteiger partial charge is 0.280 e. The second-order valence-electron chi connectivity index (χ2n) is 6.70. The first-order chi connectivity index (χ1) is 15.4. The number of aliphatic hydroxyl groups excluding tert-OH is 1. The quantitative estimate of drug-likeness (QED) is 0.174. The van der Waals surface area contributed by atoms with Crippen molar-refractivity contribution >= 4 is 67.8 Å². The van der Waals surface area contributed by atoms with Gasteiger partial charge in [-0.1, -0.05) is 59.6 Å². The summed E-state index contributed by atoms with van der Waals surface area (Å²) >= 11 is 13.9. The molecule has 4 rings (SSSR count). The fraction of sp³-hybridized carbons (Fsp3) is 0.0435. The van der Waals surface area contributed by atoms with Gasteiger partial charge in [-0.15, -0.1) is 16.5 Å². The van der Waals surface area contributed by atoms with E-state index in [1.165, 1.54) is 11.3 Å². The zero-order valence-electron chi connectivity index (χ0n) is 16.7. The second-order valence-corrected chi connectivity index (χ2v) is 8.75. The van der Waals surface area contributed by atoms with Crippen molar-refractivity contribution in [3.05, 3.63) is 93.0 Å². The number of thiazole rings is 1. The molecule has 0 fully saturated rings. The van der Waals surface area contributed by atoms with Gasteiger partial charge in [0, 0.05) is 5.56 Å². The Morgan fingerprint density at radius 2 is 1.75 bits per heavy atom. The van der Waals surface area contributed by atoms with Crippen LogP contribution in [0, 0.1) is 6.92 Å². The monoisotopic (exact) mass is 482 g/mol. The van der Waals surface area contributed by atoms with Gasteiger partial charge in [-0.25, -0.2) is 4.98 Å². The molecule has 32 heavy (non-hydrogen) atoms. The predicted molar refractivity (Wildman–Crippen MR) is 130 cm³/mol.